The highest BCUT2D eigenvalue weighted by molar-refractivity contribution is 7.50. The normalized spacial score (nSPS) is 11.5. The van der Waals surface area contributed by atoms with Crippen molar-refractivity contribution in [3.05, 3.63) is 47.5 Å². The van der Waals surface area contributed by atoms with E-state index in [1.54, 1.807) is 18.2 Å². The van der Waals surface area contributed by atoms with Crippen LogP contribution in [0.15, 0.2) is 36.4 Å². The van der Waals surface area contributed by atoms with E-state index in [4.69, 9.17) is 9.79 Å². The number of carbonyl (C=O) groups is 1. The highest BCUT2D eigenvalue weighted by atomic mass is 31.2. The summed E-state index contributed by atoms with van der Waals surface area (Å²) < 4.78 is 15.9. The maximum absolute atomic E-state index is 11.7. The van der Waals surface area contributed by atoms with Gasteiger partial charge in [-0.3, -0.25) is 4.57 Å². The number of fused-ring (bicyclic) bond motifs is 1. The van der Waals surface area contributed by atoms with Crippen molar-refractivity contribution < 1.29 is 23.9 Å². The summed E-state index contributed by atoms with van der Waals surface area (Å²) in [6.45, 7) is 0. The van der Waals surface area contributed by atoms with Crippen molar-refractivity contribution in [2.45, 2.75) is 6.16 Å². The SMILES string of the molecule is COC(=O)c1ccc2ccccc2c1CP(=O)(O)O. The van der Waals surface area contributed by atoms with Gasteiger partial charge in [0.05, 0.1) is 18.8 Å². The van der Waals surface area contributed by atoms with E-state index in [9.17, 15) is 9.36 Å². The first-order valence-corrected chi connectivity index (χ1v) is 7.35. The molecule has 0 aliphatic heterocycles. The molecule has 0 bridgehead atoms. The van der Waals surface area contributed by atoms with E-state index in [2.05, 4.69) is 4.74 Å². The lowest BCUT2D eigenvalue weighted by Crippen LogP contribution is -2.06. The van der Waals surface area contributed by atoms with Crippen LogP contribution in [0.2, 0.25) is 0 Å². The van der Waals surface area contributed by atoms with Gasteiger partial charge in [0.25, 0.3) is 0 Å². The molecular weight excluding hydrogens is 267 g/mol. The van der Waals surface area contributed by atoms with Crippen molar-refractivity contribution in [2.24, 2.45) is 0 Å². The Morgan fingerprint density at radius 3 is 2.53 bits per heavy atom. The van der Waals surface area contributed by atoms with Gasteiger partial charge < -0.3 is 14.5 Å². The van der Waals surface area contributed by atoms with E-state index in [1.807, 2.05) is 12.1 Å². The molecule has 2 aromatic rings. The summed E-state index contributed by atoms with van der Waals surface area (Å²) in [5, 5.41) is 1.47. The van der Waals surface area contributed by atoms with Crippen molar-refractivity contribution in [1.29, 1.82) is 0 Å². The van der Waals surface area contributed by atoms with Gasteiger partial charge in [0.2, 0.25) is 0 Å². The number of rotatable bonds is 3. The molecule has 2 aromatic carbocycles. The summed E-state index contributed by atoms with van der Waals surface area (Å²) in [4.78, 5) is 30.0. The largest absolute Gasteiger partial charge is 0.465 e. The smallest absolute Gasteiger partial charge is 0.338 e. The number of carbonyl (C=O) groups excluding carboxylic acids is 1. The van der Waals surface area contributed by atoms with Gasteiger partial charge in [-0.15, -0.1) is 0 Å². The first-order valence-electron chi connectivity index (χ1n) is 5.56. The summed E-state index contributed by atoms with van der Waals surface area (Å²) >= 11 is 0. The minimum atomic E-state index is -4.28. The Balaban J connectivity index is 2.71. The Morgan fingerprint density at radius 2 is 1.89 bits per heavy atom. The number of hydrogen-bond acceptors (Lipinski definition) is 3. The monoisotopic (exact) mass is 280 g/mol. The van der Waals surface area contributed by atoms with Gasteiger partial charge in [-0.2, -0.15) is 0 Å². The topological polar surface area (TPSA) is 83.8 Å². The molecule has 19 heavy (non-hydrogen) atoms. The highest BCUT2D eigenvalue weighted by Gasteiger charge is 2.22. The van der Waals surface area contributed by atoms with E-state index in [-0.39, 0.29) is 5.56 Å². The Labute approximate surface area is 110 Å². The number of esters is 1. The summed E-state index contributed by atoms with van der Waals surface area (Å²) in [5.41, 5.74) is 0.503. The lowest BCUT2D eigenvalue weighted by Gasteiger charge is -2.12. The molecule has 0 radical (unpaired) electrons. The molecule has 2 rings (SSSR count). The summed E-state index contributed by atoms with van der Waals surface area (Å²) in [6, 6.07) is 10.4. The molecule has 100 valence electrons. The van der Waals surface area contributed by atoms with Crippen LogP contribution in [-0.4, -0.2) is 22.9 Å². The standard InChI is InChI=1S/C13H13O5P/c1-18-13(14)11-7-6-9-4-2-3-5-10(9)12(11)8-19(15,16)17/h2-7H,8H2,1H3,(H2,15,16,17). The van der Waals surface area contributed by atoms with Crippen LogP contribution in [0.3, 0.4) is 0 Å². The molecule has 0 heterocycles. The fraction of sp³-hybridized carbons (Fsp3) is 0.154. The molecule has 0 spiro atoms. The molecule has 0 fully saturated rings. The van der Waals surface area contributed by atoms with E-state index >= 15 is 0 Å². The van der Waals surface area contributed by atoms with Crippen molar-refractivity contribution in [3.63, 3.8) is 0 Å². The van der Waals surface area contributed by atoms with Gasteiger partial charge in [-0.1, -0.05) is 30.3 Å². The van der Waals surface area contributed by atoms with Crippen molar-refractivity contribution in [1.82, 2.24) is 0 Å². The Hall–Kier alpha value is -1.68. The molecule has 0 amide bonds. The average Bonchev–Trinajstić information content (AvgIpc) is 2.36. The molecule has 0 unspecified atom stereocenters. The lowest BCUT2D eigenvalue weighted by atomic mass is 10.00. The van der Waals surface area contributed by atoms with Gasteiger partial charge in [0, 0.05) is 0 Å². The van der Waals surface area contributed by atoms with Gasteiger partial charge in [0.1, 0.15) is 0 Å². The van der Waals surface area contributed by atoms with Crippen molar-refractivity contribution in [2.75, 3.05) is 7.11 Å². The second-order valence-corrected chi connectivity index (χ2v) is 5.77. The second-order valence-electron chi connectivity index (χ2n) is 4.13. The summed E-state index contributed by atoms with van der Waals surface area (Å²) in [7, 11) is -3.04. The minimum Gasteiger partial charge on any atom is -0.465 e. The third kappa shape index (κ3) is 3.01. The molecule has 0 aliphatic carbocycles. The quantitative estimate of drug-likeness (QED) is 0.665. The molecule has 0 aromatic heterocycles. The number of methoxy groups -OCH3 is 1. The maximum atomic E-state index is 11.7. The van der Waals surface area contributed by atoms with Crippen LogP contribution >= 0.6 is 7.60 Å². The molecular formula is C13H13O5P. The third-order valence-corrected chi connectivity index (χ3v) is 3.54. The minimum absolute atomic E-state index is 0.185. The van der Waals surface area contributed by atoms with Crippen molar-refractivity contribution >= 4 is 24.3 Å². The van der Waals surface area contributed by atoms with Crippen LogP contribution in [0, 0.1) is 0 Å². The highest BCUT2D eigenvalue weighted by Crippen LogP contribution is 2.42. The lowest BCUT2D eigenvalue weighted by molar-refractivity contribution is 0.0600. The second kappa shape index (κ2) is 5.13. The Kier molecular flexibility index (Phi) is 3.71. The molecule has 0 saturated carbocycles. The average molecular weight is 280 g/mol. The predicted molar refractivity (Wildman–Crippen MR) is 71.0 cm³/mol. The van der Waals surface area contributed by atoms with E-state index in [0.717, 1.165) is 5.39 Å². The van der Waals surface area contributed by atoms with Gasteiger partial charge >= 0.3 is 13.6 Å². The number of ether oxygens (including phenoxy) is 1. The number of benzene rings is 2. The first-order chi connectivity index (χ1) is 8.92. The predicted octanol–water partition coefficient (Wildman–Crippen LogP) is 2.30. The fourth-order valence-electron chi connectivity index (χ4n) is 2.01. The molecule has 0 atom stereocenters. The van der Waals surface area contributed by atoms with Gasteiger partial charge in [-0.25, -0.2) is 4.79 Å². The van der Waals surface area contributed by atoms with Crippen LogP contribution in [0.5, 0.6) is 0 Å². The zero-order chi connectivity index (χ0) is 14.0. The molecule has 2 N–H and O–H groups in total. The molecule has 5 nitrogen and oxygen atoms in total. The third-order valence-electron chi connectivity index (χ3n) is 2.81. The first kappa shape index (κ1) is 13.7. The fourth-order valence-corrected chi connectivity index (χ4v) is 2.77. The Bertz CT molecular complexity index is 674. The van der Waals surface area contributed by atoms with E-state index < -0.39 is 19.7 Å². The zero-order valence-corrected chi connectivity index (χ0v) is 11.1. The van der Waals surface area contributed by atoms with Gasteiger partial charge in [0.15, 0.2) is 0 Å². The molecule has 0 aliphatic rings. The van der Waals surface area contributed by atoms with Crippen LogP contribution < -0.4 is 0 Å². The van der Waals surface area contributed by atoms with E-state index in [1.165, 1.54) is 13.2 Å². The summed E-state index contributed by atoms with van der Waals surface area (Å²) in [6.07, 6.45) is -0.487. The summed E-state index contributed by atoms with van der Waals surface area (Å²) in [5.74, 6) is -0.603. The van der Waals surface area contributed by atoms with Gasteiger partial charge in [-0.05, 0) is 22.4 Å². The van der Waals surface area contributed by atoms with Crippen LogP contribution in [0.1, 0.15) is 15.9 Å². The number of hydrogen-bond donors (Lipinski definition) is 2. The van der Waals surface area contributed by atoms with Crippen molar-refractivity contribution in [3.8, 4) is 0 Å². The Morgan fingerprint density at radius 1 is 1.21 bits per heavy atom. The van der Waals surface area contributed by atoms with Crippen LogP contribution in [-0.2, 0) is 15.5 Å². The maximum Gasteiger partial charge on any atom is 0.338 e. The molecule has 0 saturated heterocycles. The molecule has 6 heteroatoms. The zero-order valence-electron chi connectivity index (χ0n) is 10.2. The van der Waals surface area contributed by atoms with Crippen LogP contribution in [0.4, 0.5) is 0 Å². The van der Waals surface area contributed by atoms with E-state index in [0.29, 0.717) is 10.9 Å². The van der Waals surface area contributed by atoms with Crippen LogP contribution in [0.25, 0.3) is 10.8 Å².